The number of aromatic hydroxyl groups is 2. The first-order chi connectivity index (χ1) is 13.3. The molecule has 2 aromatic carbocycles. The van der Waals surface area contributed by atoms with E-state index < -0.39 is 11.9 Å². The molecule has 0 aliphatic heterocycles. The number of phenolic OH excluding ortho intramolecular Hbond substituents is 2. The van der Waals surface area contributed by atoms with Crippen molar-refractivity contribution in [2.45, 2.75) is 12.8 Å². The molecule has 0 aliphatic carbocycles. The number of phenols is 2. The quantitative estimate of drug-likeness (QED) is 0.530. The maximum Gasteiger partial charge on any atom is 0.328 e. The standard InChI is InChI=1S/C10H12O4.C10H10O4/c2*1-14-9-4-2-7(6-8(9)11)3-5-10(12)13/h2,4,6,11H,3,5H2,1H3,(H,12,13);2-6,11H,1H3,(H,12,13)/b;5-3+. The number of rotatable bonds is 7. The molecule has 0 fully saturated rings. The summed E-state index contributed by atoms with van der Waals surface area (Å²) in [4.78, 5) is 20.5. The number of aryl methyl sites for hydroxylation is 1. The van der Waals surface area contributed by atoms with E-state index in [9.17, 15) is 19.8 Å². The van der Waals surface area contributed by atoms with Gasteiger partial charge in [0.05, 0.1) is 14.2 Å². The van der Waals surface area contributed by atoms with Crippen LogP contribution in [0.15, 0.2) is 42.5 Å². The summed E-state index contributed by atoms with van der Waals surface area (Å²) in [5.74, 6) is -1.10. The Morgan fingerprint density at radius 3 is 1.96 bits per heavy atom. The van der Waals surface area contributed by atoms with Gasteiger partial charge >= 0.3 is 11.9 Å². The van der Waals surface area contributed by atoms with Gasteiger partial charge in [0, 0.05) is 12.5 Å². The number of benzene rings is 2. The number of aliphatic carboxylic acids is 2. The smallest absolute Gasteiger partial charge is 0.328 e. The molecular weight excluding hydrogens is 368 g/mol. The molecule has 0 radical (unpaired) electrons. The number of hydrogen-bond acceptors (Lipinski definition) is 6. The molecule has 0 spiro atoms. The van der Waals surface area contributed by atoms with Crippen LogP contribution in [0.2, 0.25) is 0 Å². The Kier molecular flexibility index (Phi) is 8.88. The van der Waals surface area contributed by atoms with Crippen LogP contribution in [0.1, 0.15) is 17.5 Å². The fourth-order valence-electron chi connectivity index (χ4n) is 2.12. The van der Waals surface area contributed by atoms with Crippen molar-refractivity contribution in [2.75, 3.05) is 14.2 Å². The number of carboxylic acid groups (broad SMARTS) is 2. The normalized spacial score (nSPS) is 10.1. The number of carbonyl (C=O) groups is 2. The molecule has 0 bridgehead atoms. The van der Waals surface area contributed by atoms with Crippen LogP contribution in [0.3, 0.4) is 0 Å². The van der Waals surface area contributed by atoms with Crippen LogP contribution in [-0.2, 0) is 16.0 Å². The van der Waals surface area contributed by atoms with Crippen LogP contribution in [0.25, 0.3) is 6.08 Å². The monoisotopic (exact) mass is 390 g/mol. The van der Waals surface area contributed by atoms with Gasteiger partial charge in [-0.1, -0.05) is 12.1 Å². The maximum absolute atomic E-state index is 10.3. The Labute approximate surface area is 161 Å². The number of methoxy groups -OCH3 is 2. The summed E-state index contributed by atoms with van der Waals surface area (Å²) in [6.45, 7) is 0. The van der Waals surface area contributed by atoms with E-state index in [1.54, 1.807) is 24.3 Å². The first-order valence-electron chi connectivity index (χ1n) is 8.12. The van der Waals surface area contributed by atoms with Gasteiger partial charge in [0.1, 0.15) is 0 Å². The van der Waals surface area contributed by atoms with Crippen molar-refractivity contribution < 1.29 is 39.5 Å². The molecule has 0 aromatic heterocycles. The van der Waals surface area contributed by atoms with Crippen molar-refractivity contribution in [1.82, 2.24) is 0 Å². The Balaban J connectivity index is 0.000000280. The topological polar surface area (TPSA) is 134 Å². The molecule has 4 N–H and O–H groups in total. The van der Waals surface area contributed by atoms with Gasteiger partial charge in [0.15, 0.2) is 23.0 Å². The molecule has 28 heavy (non-hydrogen) atoms. The molecule has 0 heterocycles. The summed E-state index contributed by atoms with van der Waals surface area (Å²) in [6, 6.07) is 9.52. The van der Waals surface area contributed by atoms with Gasteiger partial charge in [0.2, 0.25) is 0 Å². The van der Waals surface area contributed by atoms with Gasteiger partial charge in [-0.15, -0.1) is 0 Å². The van der Waals surface area contributed by atoms with Crippen molar-refractivity contribution in [3.05, 3.63) is 53.6 Å². The lowest BCUT2D eigenvalue weighted by molar-refractivity contribution is -0.137. The molecule has 150 valence electrons. The maximum atomic E-state index is 10.3. The van der Waals surface area contributed by atoms with E-state index in [-0.39, 0.29) is 17.9 Å². The number of carboxylic acids is 2. The summed E-state index contributed by atoms with van der Waals surface area (Å²) < 4.78 is 9.69. The summed E-state index contributed by atoms with van der Waals surface area (Å²) in [6.07, 6.45) is 2.86. The van der Waals surface area contributed by atoms with Gasteiger partial charge < -0.3 is 29.9 Å². The predicted octanol–water partition coefficient (Wildman–Crippen LogP) is 2.92. The van der Waals surface area contributed by atoms with E-state index in [4.69, 9.17) is 19.7 Å². The van der Waals surface area contributed by atoms with Crippen LogP contribution >= 0.6 is 0 Å². The molecule has 0 saturated heterocycles. The van der Waals surface area contributed by atoms with Crippen molar-refractivity contribution in [3.63, 3.8) is 0 Å². The van der Waals surface area contributed by atoms with Crippen LogP contribution in [0, 0.1) is 0 Å². The highest BCUT2D eigenvalue weighted by Crippen LogP contribution is 2.27. The Morgan fingerprint density at radius 2 is 1.50 bits per heavy atom. The van der Waals surface area contributed by atoms with Crippen LogP contribution in [-0.4, -0.2) is 46.6 Å². The molecule has 0 unspecified atom stereocenters. The van der Waals surface area contributed by atoms with Crippen molar-refractivity contribution in [1.29, 1.82) is 0 Å². The zero-order valence-electron chi connectivity index (χ0n) is 15.5. The highest BCUT2D eigenvalue weighted by molar-refractivity contribution is 5.85. The van der Waals surface area contributed by atoms with Gasteiger partial charge in [-0.3, -0.25) is 4.79 Å². The Morgan fingerprint density at radius 1 is 0.929 bits per heavy atom. The molecule has 8 nitrogen and oxygen atoms in total. The third-order valence-electron chi connectivity index (χ3n) is 3.49. The molecular formula is C20H22O8. The predicted molar refractivity (Wildman–Crippen MR) is 102 cm³/mol. The number of ether oxygens (including phenoxy) is 2. The van der Waals surface area contributed by atoms with Gasteiger partial charge in [-0.05, 0) is 47.9 Å². The van der Waals surface area contributed by atoms with Crippen LogP contribution in [0.4, 0.5) is 0 Å². The largest absolute Gasteiger partial charge is 0.504 e. The molecule has 2 aromatic rings. The summed E-state index contributed by atoms with van der Waals surface area (Å²) in [7, 11) is 2.91. The summed E-state index contributed by atoms with van der Waals surface area (Å²) in [5, 5.41) is 35.6. The highest BCUT2D eigenvalue weighted by atomic mass is 16.5. The summed E-state index contributed by atoms with van der Waals surface area (Å²) >= 11 is 0. The molecule has 8 heteroatoms. The first kappa shape index (κ1) is 22.4. The fourth-order valence-corrected chi connectivity index (χ4v) is 2.12. The second-order valence-corrected chi connectivity index (χ2v) is 5.50. The second kappa shape index (κ2) is 11.1. The van der Waals surface area contributed by atoms with Gasteiger partial charge in [0.25, 0.3) is 0 Å². The summed E-state index contributed by atoms with van der Waals surface area (Å²) in [5.41, 5.74) is 1.39. The Hall–Kier alpha value is -3.68. The van der Waals surface area contributed by atoms with Crippen molar-refractivity contribution >= 4 is 18.0 Å². The third-order valence-corrected chi connectivity index (χ3v) is 3.49. The lowest BCUT2D eigenvalue weighted by Crippen LogP contribution is -1.97. The minimum Gasteiger partial charge on any atom is -0.504 e. The van der Waals surface area contributed by atoms with Gasteiger partial charge in [-0.2, -0.15) is 0 Å². The zero-order valence-corrected chi connectivity index (χ0v) is 15.5. The van der Waals surface area contributed by atoms with E-state index in [0.717, 1.165) is 11.6 Å². The third kappa shape index (κ3) is 7.69. The van der Waals surface area contributed by atoms with E-state index in [0.29, 0.717) is 23.5 Å². The number of hydrogen-bond donors (Lipinski definition) is 4. The zero-order chi connectivity index (χ0) is 21.1. The van der Waals surface area contributed by atoms with Crippen LogP contribution < -0.4 is 9.47 Å². The van der Waals surface area contributed by atoms with E-state index in [2.05, 4.69) is 0 Å². The van der Waals surface area contributed by atoms with Gasteiger partial charge in [-0.25, -0.2) is 4.79 Å². The minimum atomic E-state index is -1.03. The molecule has 2 rings (SSSR count). The van der Waals surface area contributed by atoms with Crippen molar-refractivity contribution in [3.8, 4) is 23.0 Å². The minimum absolute atomic E-state index is 0.0139. The fraction of sp³-hybridized carbons (Fsp3) is 0.200. The first-order valence-corrected chi connectivity index (χ1v) is 8.12. The molecule has 0 saturated carbocycles. The molecule has 0 aliphatic rings. The average molecular weight is 390 g/mol. The molecule has 0 atom stereocenters. The van der Waals surface area contributed by atoms with E-state index in [1.807, 2.05) is 0 Å². The lowest BCUT2D eigenvalue weighted by atomic mass is 10.1. The molecule has 0 amide bonds. The average Bonchev–Trinajstić information content (AvgIpc) is 2.65. The Bertz CT molecular complexity index is 842. The van der Waals surface area contributed by atoms with E-state index >= 15 is 0 Å². The second-order valence-electron chi connectivity index (χ2n) is 5.50. The SMILES string of the molecule is COc1ccc(/C=C/C(=O)O)cc1O.COc1ccc(CCC(=O)O)cc1O. The van der Waals surface area contributed by atoms with Crippen molar-refractivity contribution in [2.24, 2.45) is 0 Å². The van der Waals surface area contributed by atoms with Crippen LogP contribution in [0.5, 0.6) is 23.0 Å². The lowest BCUT2D eigenvalue weighted by Gasteiger charge is -2.04. The highest BCUT2D eigenvalue weighted by Gasteiger charge is 2.04. The van der Waals surface area contributed by atoms with E-state index in [1.165, 1.54) is 32.4 Å².